The lowest BCUT2D eigenvalue weighted by molar-refractivity contribution is 0.390. The van der Waals surface area contributed by atoms with Gasteiger partial charge in [-0.25, -0.2) is 0 Å². The zero-order valence-corrected chi connectivity index (χ0v) is 11.0. The van der Waals surface area contributed by atoms with Gasteiger partial charge in [-0.2, -0.15) is 0 Å². The summed E-state index contributed by atoms with van der Waals surface area (Å²) in [4.78, 5) is 0. The highest BCUT2D eigenvalue weighted by atomic mass is 16.3. The van der Waals surface area contributed by atoms with E-state index in [2.05, 4.69) is 22.8 Å². The van der Waals surface area contributed by atoms with Crippen molar-refractivity contribution in [3.8, 4) is 5.75 Å². The third-order valence-electron chi connectivity index (χ3n) is 3.94. The Bertz CT molecular complexity index is 562. The first-order chi connectivity index (χ1) is 9.34. The first-order valence-corrected chi connectivity index (χ1v) is 7.00. The Balaban J connectivity index is 1.79. The minimum absolute atomic E-state index is 0.350. The Hall–Kier alpha value is -1.74. The third kappa shape index (κ3) is 2.66. The van der Waals surface area contributed by atoms with Crippen molar-refractivity contribution in [2.24, 2.45) is 5.92 Å². The van der Waals surface area contributed by atoms with E-state index in [-0.39, 0.29) is 0 Å². The molecule has 19 heavy (non-hydrogen) atoms. The molecule has 0 saturated carbocycles. The van der Waals surface area contributed by atoms with E-state index < -0.39 is 0 Å². The summed E-state index contributed by atoms with van der Waals surface area (Å²) in [6, 6.07) is 11.7. The SMILES string of the molecule is Oc1cccc2c(NCC3CCNCC3)cccc12. The van der Waals surface area contributed by atoms with Gasteiger partial charge < -0.3 is 15.7 Å². The Morgan fingerprint density at radius 2 is 1.79 bits per heavy atom. The van der Waals surface area contributed by atoms with Gasteiger partial charge in [-0.15, -0.1) is 0 Å². The molecule has 0 aliphatic carbocycles. The highest BCUT2D eigenvalue weighted by Gasteiger charge is 2.13. The molecule has 0 radical (unpaired) electrons. The highest BCUT2D eigenvalue weighted by Crippen LogP contribution is 2.30. The van der Waals surface area contributed by atoms with E-state index in [1.807, 2.05) is 18.2 Å². The number of anilines is 1. The number of nitrogens with one attached hydrogen (secondary N) is 2. The van der Waals surface area contributed by atoms with Crippen molar-refractivity contribution in [2.75, 3.05) is 25.0 Å². The Morgan fingerprint density at radius 3 is 2.63 bits per heavy atom. The van der Waals surface area contributed by atoms with Crippen LogP contribution in [0.1, 0.15) is 12.8 Å². The lowest BCUT2D eigenvalue weighted by atomic mass is 9.98. The summed E-state index contributed by atoms with van der Waals surface area (Å²) < 4.78 is 0. The molecule has 1 aliphatic heterocycles. The molecule has 3 nitrogen and oxygen atoms in total. The van der Waals surface area contributed by atoms with E-state index >= 15 is 0 Å². The molecule has 3 rings (SSSR count). The zero-order valence-electron chi connectivity index (χ0n) is 11.0. The van der Waals surface area contributed by atoms with Gasteiger partial charge in [0, 0.05) is 23.0 Å². The average molecular weight is 256 g/mol. The van der Waals surface area contributed by atoms with Crippen molar-refractivity contribution in [3.63, 3.8) is 0 Å². The van der Waals surface area contributed by atoms with Gasteiger partial charge in [-0.1, -0.05) is 24.3 Å². The highest BCUT2D eigenvalue weighted by molar-refractivity contribution is 5.97. The Labute approximate surface area is 113 Å². The summed E-state index contributed by atoms with van der Waals surface area (Å²) in [5.41, 5.74) is 1.12. The number of phenols is 1. The number of rotatable bonds is 3. The second-order valence-electron chi connectivity index (χ2n) is 5.25. The average Bonchev–Trinajstić information content (AvgIpc) is 2.47. The maximum absolute atomic E-state index is 9.88. The number of phenolic OH excluding ortho intramolecular Hbond substituents is 1. The van der Waals surface area contributed by atoms with Crippen LogP contribution in [-0.4, -0.2) is 24.7 Å². The minimum Gasteiger partial charge on any atom is -0.507 e. The van der Waals surface area contributed by atoms with Gasteiger partial charge in [0.1, 0.15) is 5.75 Å². The van der Waals surface area contributed by atoms with E-state index in [9.17, 15) is 5.11 Å². The summed E-state index contributed by atoms with van der Waals surface area (Å²) in [5.74, 6) is 1.09. The van der Waals surface area contributed by atoms with Gasteiger partial charge in [0.25, 0.3) is 0 Å². The molecule has 0 amide bonds. The molecular formula is C16H20N2O. The number of piperidine rings is 1. The first-order valence-electron chi connectivity index (χ1n) is 7.00. The maximum Gasteiger partial charge on any atom is 0.123 e. The van der Waals surface area contributed by atoms with Gasteiger partial charge in [0.2, 0.25) is 0 Å². The molecule has 3 N–H and O–H groups in total. The molecule has 0 aromatic heterocycles. The molecule has 1 heterocycles. The lowest BCUT2D eigenvalue weighted by Crippen LogP contribution is -2.31. The molecule has 0 atom stereocenters. The standard InChI is InChI=1S/C16H20N2O/c19-16-6-2-3-13-14(16)4-1-5-15(13)18-11-12-7-9-17-10-8-12/h1-6,12,17-19H,7-11H2. The quantitative estimate of drug-likeness (QED) is 0.791. The molecule has 100 valence electrons. The van der Waals surface area contributed by atoms with E-state index in [1.165, 1.54) is 12.8 Å². The molecule has 1 saturated heterocycles. The van der Waals surface area contributed by atoms with Gasteiger partial charge in [0.15, 0.2) is 0 Å². The summed E-state index contributed by atoms with van der Waals surface area (Å²) in [7, 11) is 0. The Kier molecular flexibility index (Phi) is 3.56. The van der Waals surface area contributed by atoms with Crippen molar-refractivity contribution in [1.82, 2.24) is 5.32 Å². The Morgan fingerprint density at radius 1 is 1.05 bits per heavy atom. The molecule has 0 unspecified atom stereocenters. The summed E-state index contributed by atoms with van der Waals surface area (Å²) in [5, 5.41) is 18.8. The molecule has 0 spiro atoms. The van der Waals surface area contributed by atoms with Crippen LogP contribution in [0.15, 0.2) is 36.4 Å². The first kappa shape index (κ1) is 12.3. The molecular weight excluding hydrogens is 236 g/mol. The maximum atomic E-state index is 9.88. The van der Waals surface area contributed by atoms with Gasteiger partial charge >= 0.3 is 0 Å². The van der Waals surface area contributed by atoms with Crippen molar-refractivity contribution >= 4 is 16.5 Å². The van der Waals surface area contributed by atoms with Crippen molar-refractivity contribution < 1.29 is 5.11 Å². The van der Waals surface area contributed by atoms with Gasteiger partial charge in [0.05, 0.1) is 0 Å². The predicted molar refractivity (Wildman–Crippen MR) is 79.7 cm³/mol. The van der Waals surface area contributed by atoms with Crippen molar-refractivity contribution in [1.29, 1.82) is 0 Å². The fraction of sp³-hybridized carbons (Fsp3) is 0.375. The number of fused-ring (bicyclic) bond motifs is 1. The summed E-state index contributed by atoms with van der Waals surface area (Å²) in [6.45, 7) is 3.27. The number of benzene rings is 2. The van der Waals surface area contributed by atoms with E-state index in [0.717, 1.165) is 42.0 Å². The smallest absolute Gasteiger partial charge is 0.123 e. The monoisotopic (exact) mass is 256 g/mol. The van der Waals surface area contributed by atoms with Gasteiger partial charge in [-0.3, -0.25) is 0 Å². The summed E-state index contributed by atoms with van der Waals surface area (Å²) in [6.07, 6.45) is 2.48. The van der Waals surface area contributed by atoms with Crippen LogP contribution in [0, 0.1) is 5.92 Å². The van der Waals surface area contributed by atoms with Crippen LogP contribution in [0.5, 0.6) is 5.75 Å². The molecule has 2 aromatic carbocycles. The molecule has 1 fully saturated rings. The third-order valence-corrected chi connectivity index (χ3v) is 3.94. The van der Waals surface area contributed by atoms with Crippen LogP contribution in [-0.2, 0) is 0 Å². The topological polar surface area (TPSA) is 44.3 Å². The van der Waals surface area contributed by atoms with Gasteiger partial charge in [-0.05, 0) is 44.0 Å². The summed E-state index contributed by atoms with van der Waals surface area (Å²) >= 11 is 0. The number of hydrogen-bond acceptors (Lipinski definition) is 3. The van der Waals surface area contributed by atoms with Crippen LogP contribution in [0.2, 0.25) is 0 Å². The predicted octanol–water partition coefficient (Wildman–Crippen LogP) is 2.96. The fourth-order valence-corrected chi connectivity index (χ4v) is 2.79. The molecule has 3 heteroatoms. The van der Waals surface area contributed by atoms with E-state index in [4.69, 9.17) is 0 Å². The van der Waals surface area contributed by atoms with Crippen LogP contribution in [0.3, 0.4) is 0 Å². The molecule has 0 bridgehead atoms. The van der Waals surface area contributed by atoms with Crippen LogP contribution < -0.4 is 10.6 Å². The second-order valence-corrected chi connectivity index (χ2v) is 5.25. The second kappa shape index (κ2) is 5.49. The van der Waals surface area contributed by atoms with E-state index in [1.54, 1.807) is 6.07 Å². The number of aromatic hydroxyl groups is 1. The van der Waals surface area contributed by atoms with Crippen LogP contribution in [0.4, 0.5) is 5.69 Å². The lowest BCUT2D eigenvalue weighted by Gasteiger charge is -2.23. The fourth-order valence-electron chi connectivity index (χ4n) is 2.79. The molecule has 1 aliphatic rings. The minimum atomic E-state index is 0.350. The zero-order chi connectivity index (χ0) is 13.1. The van der Waals surface area contributed by atoms with Crippen molar-refractivity contribution in [3.05, 3.63) is 36.4 Å². The number of hydrogen-bond donors (Lipinski definition) is 3. The normalized spacial score (nSPS) is 16.6. The van der Waals surface area contributed by atoms with E-state index in [0.29, 0.717) is 5.75 Å². The largest absolute Gasteiger partial charge is 0.507 e. The molecule has 2 aromatic rings. The van der Waals surface area contributed by atoms with Crippen LogP contribution in [0.25, 0.3) is 10.8 Å². The van der Waals surface area contributed by atoms with Crippen LogP contribution >= 0.6 is 0 Å². The van der Waals surface area contributed by atoms with Crippen molar-refractivity contribution in [2.45, 2.75) is 12.8 Å².